The first kappa shape index (κ1) is 37.1. The molecule has 8 nitrogen and oxygen atoms in total. The summed E-state index contributed by atoms with van der Waals surface area (Å²) in [7, 11) is 3.69. The van der Waals surface area contributed by atoms with Crippen LogP contribution in [0, 0.1) is 11.6 Å². The fraction of sp³-hybridized carbons (Fsp3) is 0.432. The van der Waals surface area contributed by atoms with Gasteiger partial charge in [0, 0.05) is 19.1 Å². The van der Waals surface area contributed by atoms with Crippen molar-refractivity contribution in [2.45, 2.75) is 50.9 Å². The van der Waals surface area contributed by atoms with Crippen LogP contribution in [-0.4, -0.2) is 89.6 Å². The van der Waals surface area contributed by atoms with Gasteiger partial charge in [0.15, 0.2) is 0 Å². The summed E-state index contributed by atoms with van der Waals surface area (Å²) in [4.78, 5) is 39.3. The van der Waals surface area contributed by atoms with Gasteiger partial charge in [-0.3, -0.25) is 14.2 Å². The summed E-state index contributed by atoms with van der Waals surface area (Å²) in [5.74, 6) is -2.16. The standard InChI is InChI=1S/C37H43F5N6O2/c1-4-46-19-16-27(17-20-46)43-18-15-33(35-44-32-8-6-5-7-29(32)36(50)48(35)28-12-10-26(38)11-13-28)47(22-21-45(2)3)34(49)24-25-9-14-30(31(39)23-25)37(40,41)42/h5-14,23,27,33,43H,4,15-22,24H2,1-3H3. The maximum atomic E-state index is 14.6. The third-order valence-corrected chi connectivity index (χ3v) is 9.25. The Labute approximate surface area is 288 Å². The summed E-state index contributed by atoms with van der Waals surface area (Å²) in [6.07, 6.45) is -3.01. The van der Waals surface area contributed by atoms with Crippen LogP contribution in [0.5, 0.6) is 0 Å². The molecule has 268 valence electrons. The Morgan fingerprint density at radius 2 is 1.70 bits per heavy atom. The van der Waals surface area contributed by atoms with Crippen molar-refractivity contribution in [1.82, 2.24) is 29.6 Å². The monoisotopic (exact) mass is 698 g/mol. The van der Waals surface area contributed by atoms with Crippen molar-refractivity contribution in [3.8, 4) is 5.69 Å². The average Bonchev–Trinajstić information content (AvgIpc) is 3.07. The first-order valence-corrected chi connectivity index (χ1v) is 16.9. The van der Waals surface area contributed by atoms with Crippen LogP contribution < -0.4 is 10.9 Å². The maximum absolute atomic E-state index is 14.6. The van der Waals surface area contributed by atoms with Gasteiger partial charge in [-0.1, -0.05) is 25.1 Å². The molecule has 0 aliphatic carbocycles. The fourth-order valence-corrected chi connectivity index (χ4v) is 6.45. The largest absolute Gasteiger partial charge is 0.419 e. The molecule has 2 heterocycles. The molecule has 5 rings (SSSR count). The summed E-state index contributed by atoms with van der Waals surface area (Å²) in [6, 6.07) is 14.2. The molecule has 1 aromatic heterocycles. The summed E-state index contributed by atoms with van der Waals surface area (Å²) in [6.45, 7) is 6.11. The van der Waals surface area contributed by atoms with Crippen molar-refractivity contribution in [2.75, 3.05) is 53.4 Å². The SMILES string of the molecule is CCN1CCC(NCCC(c2nc3ccccc3c(=O)n2-c2ccc(F)cc2)N(CCN(C)C)C(=O)Cc2ccc(C(F)(F)F)c(F)c2)CC1. The first-order chi connectivity index (χ1) is 23.8. The summed E-state index contributed by atoms with van der Waals surface area (Å²) in [5.41, 5.74) is -0.945. The van der Waals surface area contributed by atoms with Crippen LogP contribution in [0.15, 0.2) is 71.5 Å². The Bertz CT molecular complexity index is 1820. The molecule has 4 aromatic rings. The van der Waals surface area contributed by atoms with E-state index < -0.39 is 40.9 Å². The van der Waals surface area contributed by atoms with Crippen LogP contribution in [-0.2, 0) is 17.4 Å². The highest BCUT2D eigenvalue weighted by atomic mass is 19.4. The van der Waals surface area contributed by atoms with Crippen molar-refractivity contribution in [3.63, 3.8) is 0 Å². The Balaban J connectivity index is 1.59. The van der Waals surface area contributed by atoms with Gasteiger partial charge in [-0.05, 0) is 114 Å². The van der Waals surface area contributed by atoms with Gasteiger partial charge in [-0.15, -0.1) is 0 Å². The van der Waals surface area contributed by atoms with Crippen molar-refractivity contribution >= 4 is 16.8 Å². The summed E-state index contributed by atoms with van der Waals surface area (Å²) in [5, 5.41) is 3.96. The normalized spacial score (nSPS) is 15.1. The van der Waals surface area contributed by atoms with Crippen LogP contribution in [0.2, 0.25) is 0 Å². The molecule has 0 spiro atoms. The van der Waals surface area contributed by atoms with Gasteiger partial charge in [-0.2, -0.15) is 13.2 Å². The highest BCUT2D eigenvalue weighted by Crippen LogP contribution is 2.32. The predicted octanol–water partition coefficient (Wildman–Crippen LogP) is 5.82. The smallest absolute Gasteiger partial charge is 0.331 e. The van der Waals surface area contributed by atoms with Gasteiger partial charge in [0.05, 0.1) is 34.6 Å². The van der Waals surface area contributed by atoms with Crippen molar-refractivity contribution in [3.05, 3.63) is 106 Å². The lowest BCUT2D eigenvalue weighted by Crippen LogP contribution is -2.45. The van der Waals surface area contributed by atoms with E-state index in [0.717, 1.165) is 44.6 Å². The molecule has 1 fully saturated rings. The Morgan fingerprint density at radius 3 is 2.34 bits per heavy atom. The minimum Gasteiger partial charge on any atom is -0.331 e. The topological polar surface area (TPSA) is 73.7 Å². The Kier molecular flexibility index (Phi) is 12.0. The van der Waals surface area contributed by atoms with E-state index in [-0.39, 0.29) is 30.4 Å². The highest BCUT2D eigenvalue weighted by molar-refractivity contribution is 5.80. The number of benzene rings is 3. The van der Waals surface area contributed by atoms with Crippen LogP contribution in [0.25, 0.3) is 16.6 Å². The number of alkyl halides is 3. The maximum Gasteiger partial charge on any atom is 0.419 e. The van der Waals surface area contributed by atoms with E-state index in [1.807, 2.05) is 19.0 Å². The molecule has 1 unspecified atom stereocenters. The number of carbonyl (C=O) groups excluding carboxylic acids is 1. The van der Waals surface area contributed by atoms with Crippen LogP contribution in [0.4, 0.5) is 22.0 Å². The third kappa shape index (κ3) is 8.93. The minimum atomic E-state index is -4.87. The number of para-hydroxylation sites is 1. The number of rotatable bonds is 13. The zero-order valence-corrected chi connectivity index (χ0v) is 28.5. The number of nitrogens with zero attached hydrogens (tertiary/aromatic N) is 5. The van der Waals surface area contributed by atoms with E-state index in [1.165, 1.54) is 28.8 Å². The van der Waals surface area contributed by atoms with Crippen molar-refractivity contribution < 1.29 is 26.7 Å². The number of aromatic nitrogens is 2. The average molecular weight is 699 g/mol. The Morgan fingerprint density at radius 1 is 1.00 bits per heavy atom. The third-order valence-electron chi connectivity index (χ3n) is 9.25. The molecule has 1 N–H and O–H groups in total. The number of amides is 1. The van der Waals surface area contributed by atoms with E-state index in [1.54, 1.807) is 29.2 Å². The fourth-order valence-electron chi connectivity index (χ4n) is 6.45. The van der Waals surface area contributed by atoms with E-state index >= 15 is 0 Å². The minimum absolute atomic E-state index is 0.0808. The van der Waals surface area contributed by atoms with Gasteiger partial charge in [0.1, 0.15) is 17.5 Å². The number of hydrogen-bond acceptors (Lipinski definition) is 6. The molecule has 1 aliphatic rings. The Hall–Kier alpha value is -4.20. The molecule has 0 radical (unpaired) electrons. The molecule has 0 bridgehead atoms. The summed E-state index contributed by atoms with van der Waals surface area (Å²) < 4.78 is 69.9. The number of piperidine rings is 1. The van der Waals surface area contributed by atoms with Gasteiger partial charge < -0.3 is 20.0 Å². The first-order valence-electron chi connectivity index (χ1n) is 16.9. The molecule has 1 atom stereocenters. The molecule has 1 aliphatic heterocycles. The van der Waals surface area contributed by atoms with E-state index in [2.05, 4.69) is 17.1 Å². The second-order valence-corrected chi connectivity index (χ2v) is 13.0. The van der Waals surface area contributed by atoms with Gasteiger partial charge in [0.25, 0.3) is 5.56 Å². The molecule has 50 heavy (non-hydrogen) atoms. The molecule has 3 aromatic carbocycles. The molecule has 0 saturated carbocycles. The highest BCUT2D eigenvalue weighted by Gasteiger charge is 2.35. The number of likely N-dealkylation sites (N-methyl/N-ethyl adjacent to an activating group) is 1. The van der Waals surface area contributed by atoms with Crippen molar-refractivity contribution in [1.29, 1.82) is 0 Å². The lowest BCUT2D eigenvalue weighted by molar-refractivity contribution is -0.140. The second-order valence-electron chi connectivity index (χ2n) is 13.0. The summed E-state index contributed by atoms with van der Waals surface area (Å²) >= 11 is 0. The van der Waals surface area contributed by atoms with Crippen LogP contribution in [0.1, 0.15) is 49.2 Å². The number of likely N-dealkylation sites (tertiary alicyclic amines) is 1. The lowest BCUT2D eigenvalue weighted by Gasteiger charge is -2.35. The zero-order chi connectivity index (χ0) is 36.0. The van der Waals surface area contributed by atoms with E-state index in [9.17, 15) is 31.5 Å². The number of halogens is 5. The molecule has 1 amide bonds. The van der Waals surface area contributed by atoms with Crippen molar-refractivity contribution in [2.24, 2.45) is 0 Å². The van der Waals surface area contributed by atoms with E-state index in [4.69, 9.17) is 4.98 Å². The number of nitrogens with one attached hydrogen (secondary N) is 1. The zero-order valence-electron chi connectivity index (χ0n) is 28.5. The quantitative estimate of drug-likeness (QED) is 0.178. The van der Waals surface area contributed by atoms with Gasteiger partial charge >= 0.3 is 6.18 Å². The molecular formula is C37H43F5N6O2. The lowest BCUT2D eigenvalue weighted by atomic mass is 10.0. The van der Waals surface area contributed by atoms with Crippen LogP contribution in [0.3, 0.4) is 0 Å². The van der Waals surface area contributed by atoms with E-state index in [0.29, 0.717) is 42.2 Å². The number of hydrogen-bond donors (Lipinski definition) is 1. The van der Waals surface area contributed by atoms with Gasteiger partial charge in [0.2, 0.25) is 5.91 Å². The number of fused-ring (bicyclic) bond motifs is 1. The second kappa shape index (κ2) is 16.2. The number of carbonyl (C=O) groups is 1. The van der Waals surface area contributed by atoms with Gasteiger partial charge in [-0.25, -0.2) is 13.8 Å². The van der Waals surface area contributed by atoms with Crippen LogP contribution >= 0.6 is 0 Å². The molecular weight excluding hydrogens is 655 g/mol. The predicted molar refractivity (Wildman–Crippen MR) is 183 cm³/mol. The molecule has 13 heteroatoms. The molecule has 1 saturated heterocycles.